The number of ketones is 1. The van der Waals surface area contributed by atoms with Gasteiger partial charge in [0.25, 0.3) is 0 Å². The van der Waals surface area contributed by atoms with Crippen molar-refractivity contribution in [1.29, 1.82) is 0 Å². The molecule has 1 aromatic heterocycles. The molecule has 1 aliphatic heterocycles. The highest BCUT2D eigenvalue weighted by Gasteiger charge is 2.28. The van der Waals surface area contributed by atoms with Crippen molar-refractivity contribution >= 4 is 17.6 Å². The Morgan fingerprint density at radius 2 is 1.79 bits per heavy atom. The van der Waals surface area contributed by atoms with Crippen LogP contribution in [-0.2, 0) is 14.4 Å². The van der Waals surface area contributed by atoms with Crippen molar-refractivity contribution in [2.75, 3.05) is 33.2 Å². The number of aromatic nitrogens is 1. The third kappa shape index (κ3) is 7.25. The fourth-order valence-corrected chi connectivity index (χ4v) is 3.84. The Morgan fingerprint density at radius 3 is 2.48 bits per heavy atom. The number of unbranched alkanes of at least 4 members (excludes halogenated alkanes) is 2. The smallest absolute Gasteiger partial charge is 0.311 e. The number of hydrogen-bond donors (Lipinski definition) is 1. The molecule has 1 fully saturated rings. The highest BCUT2D eigenvalue weighted by molar-refractivity contribution is 6.35. The van der Waals surface area contributed by atoms with Crippen LogP contribution in [0.2, 0.25) is 0 Å². The lowest BCUT2D eigenvalue weighted by Gasteiger charge is -2.32. The third-order valence-electron chi connectivity index (χ3n) is 6.01. The first kappa shape index (κ1) is 24.6. The molecular weight excluding hydrogens is 420 g/mol. The Labute approximate surface area is 195 Å². The van der Waals surface area contributed by atoms with E-state index in [0.29, 0.717) is 44.0 Å². The van der Waals surface area contributed by atoms with Gasteiger partial charge in [0.05, 0.1) is 6.20 Å². The van der Waals surface area contributed by atoms with Crippen molar-refractivity contribution in [2.24, 2.45) is 0 Å². The van der Waals surface area contributed by atoms with E-state index >= 15 is 0 Å². The maximum Gasteiger partial charge on any atom is 0.311 e. The summed E-state index contributed by atoms with van der Waals surface area (Å²) in [5, 5.41) is 2.85. The standard InChI is InChI=1S/C25H34N4O4/c1-3-20(30)12-8-5-9-13-21(24-26-18-22(33-24)19-10-6-4-7-11-19)27-23(31)25(32)29-16-14-28(2)15-17-29/h4,6-7,10-11,18,21H,3,5,8-9,12-17H2,1-2H3,(H,27,31). The number of benzene rings is 1. The van der Waals surface area contributed by atoms with Gasteiger partial charge >= 0.3 is 11.8 Å². The van der Waals surface area contributed by atoms with Crippen LogP contribution in [0.1, 0.15) is 57.4 Å². The van der Waals surface area contributed by atoms with E-state index in [9.17, 15) is 14.4 Å². The predicted octanol–water partition coefficient (Wildman–Crippen LogP) is 3.20. The molecule has 1 saturated heterocycles. The second-order valence-electron chi connectivity index (χ2n) is 8.54. The Balaban J connectivity index is 1.65. The first-order chi connectivity index (χ1) is 16.0. The Kier molecular flexibility index (Phi) is 9.18. The molecule has 2 aromatic rings. The number of carbonyl (C=O) groups is 3. The van der Waals surface area contributed by atoms with Gasteiger partial charge in [0.1, 0.15) is 11.8 Å². The van der Waals surface area contributed by atoms with Gasteiger partial charge in [0, 0.05) is 44.6 Å². The van der Waals surface area contributed by atoms with Gasteiger partial charge in [-0.1, -0.05) is 50.1 Å². The number of nitrogens with zero attached hydrogens (tertiary/aromatic N) is 3. The maximum atomic E-state index is 12.8. The van der Waals surface area contributed by atoms with Crippen molar-refractivity contribution in [2.45, 2.75) is 51.5 Å². The van der Waals surface area contributed by atoms with Gasteiger partial charge in [-0.2, -0.15) is 0 Å². The molecule has 1 unspecified atom stereocenters. The van der Waals surface area contributed by atoms with Gasteiger partial charge in [-0.05, 0) is 19.9 Å². The summed E-state index contributed by atoms with van der Waals surface area (Å²) in [6.45, 7) is 4.45. The number of piperazine rings is 1. The zero-order valence-corrected chi connectivity index (χ0v) is 19.6. The normalized spacial score (nSPS) is 15.3. The molecule has 0 saturated carbocycles. The Morgan fingerprint density at radius 1 is 1.06 bits per heavy atom. The highest BCUT2D eigenvalue weighted by Crippen LogP contribution is 2.26. The van der Waals surface area contributed by atoms with Crippen molar-refractivity contribution in [3.63, 3.8) is 0 Å². The van der Waals surface area contributed by atoms with Crippen LogP contribution in [0, 0.1) is 0 Å². The number of nitrogens with one attached hydrogen (secondary N) is 1. The van der Waals surface area contributed by atoms with Gasteiger partial charge < -0.3 is 19.5 Å². The summed E-state index contributed by atoms with van der Waals surface area (Å²) in [7, 11) is 2.00. The minimum Gasteiger partial charge on any atom is -0.438 e. The molecular formula is C25H34N4O4. The van der Waals surface area contributed by atoms with Crippen LogP contribution >= 0.6 is 0 Å². The van der Waals surface area contributed by atoms with Crippen LogP contribution in [0.4, 0.5) is 0 Å². The van der Waals surface area contributed by atoms with Gasteiger partial charge in [0.15, 0.2) is 5.76 Å². The van der Waals surface area contributed by atoms with Gasteiger partial charge in [-0.15, -0.1) is 0 Å². The molecule has 0 radical (unpaired) electrons. The van der Waals surface area contributed by atoms with Gasteiger partial charge in [-0.25, -0.2) is 4.98 Å². The molecule has 1 N–H and O–H groups in total. The third-order valence-corrected chi connectivity index (χ3v) is 6.01. The summed E-state index contributed by atoms with van der Waals surface area (Å²) >= 11 is 0. The van der Waals surface area contributed by atoms with Crippen LogP contribution in [0.3, 0.4) is 0 Å². The molecule has 1 aliphatic rings. The monoisotopic (exact) mass is 454 g/mol. The van der Waals surface area contributed by atoms with E-state index in [4.69, 9.17) is 4.42 Å². The minimum absolute atomic E-state index is 0.262. The van der Waals surface area contributed by atoms with Crippen LogP contribution in [0.25, 0.3) is 11.3 Å². The van der Waals surface area contributed by atoms with Crippen molar-refractivity contribution in [3.05, 3.63) is 42.4 Å². The molecule has 33 heavy (non-hydrogen) atoms. The number of Topliss-reactive ketones (excluding diaryl/α,β-unsaturated/α-hetero) is 1. The average Bonchev–Trinajstić information content (AvgIpc) is 3.33. The summed E-state index contributed by atoms with van der Waals surface area (Å²) in [5.74, 6) is 0.112. The quantitative estimate of drug-likeness (QED) is 0.438. The molecule has 8 nitrogen and oxygen atoms in total. The van der Waals surface area contributed by atoms with Crippen molar-refractivity contribution < 1.29 is 18.8 Å². The molecule has 1 atom stereocenters. The zero-order valence-electron chi connectivity index (χ0n) is 19.6. The zero-order chi connectivity index (χ0) is 23.6. The fraction of sp³-hybridized carbons (Fsp3) is 0.520. The lowest BCUT2D eigenvalue weighted by molar-refractivity contribution is -0.147. The predicted molar refractivity (Wildman–Crippen MR) is 125 cm³/mol. The summed E-state index contributed by atoms with van der Waals surface area (Å²) in [4.78, 5) is 45.1. The molecule has 8 heteroatoms. The first-order valence-electron chi connectivity index (χ1n) is 11.8. The van der Waals surface area contributed by atoms with E-state index in [1.165, 1.54) is 0 Å². The summed E-state index contributed by atoms with van der Waals surface area (Å²) in [6.07, 6.45) is 5.82. The topological polar surface area (TPSA) is 95.8 Å². The molecule has 178 valence electrons. The van der Waals surface area contributed by atoms with Crippen molar-refractivity contribution in [3.8, 4) is 11.3 Å². The van der Waals surface area contributed by atoms with E-state index in [1.807, 2.05) is 44.3 Å². The van der Waals surface area contributed by atoms with Gasteiger partial charge in [0.2, 0.25) is 5.89 Å². The highest BCUT2D eigenvalue weighted by atomic mass is 16.4. The lowest BCUT2D eigenvalue weighted by atomic mass is 10.0. The largest absolute Gasteiger partial charge is 0.438 e. The average molecular weight is 455 g/mol. The molecule has 1 aromatic carbocycles. The van der Waals surface area contributed by atoms with E-state index in [2.05, 4.69) is 15.2 Å². The number of rotatable bonds is 10. The molecule has 0 bridgehead atoms. The van der Waals surface area contributed by atoms with Crippen molar-refractivity contribution in [1.82, 2.24) is 20.1 Å². The molecule has 0 aliphatic carbocycles. The maximum absolute atomic E-state index is 12.8. The van der Waals surface area contributed by atoms with E-state index in [0.717, 1.165) is 37.9 Å². The fourth-order valence-electron chi connectivity index (χ4n) is 3.84. The van der Waals surface area contributed by atoms with Crippen LogP contribution in [-0.4, -0.2) is 65.6 Å². The van der Waals surface area contributed by atoms with Crippen LogP contribution < -0.4 is 5.32 Å². The molecule has 3 rings (SSSR count). The van der Waals surface area contributed by atoms with E-state index in [-0.39, 0.29) is 5.78 Å². The SMILES string of the molecule is CCC(=O)CCCCCC(NC(=O)C(=O)N1CCN(C)CC1)c1ncc(-c2ccccc2)o1. The summed E-state index contributed by atoms with van der Waals surface area (Å²) < 4.78 is 5.97. The summed E-state index contributed by atoms with van der Waals surface area (Å²) in [6, 6.07) is 9.12. The Bertz CT molecular complexity index is 919. The van der Waals surface area contributed by atoms with Gasteiger partial charge in [-0.3, -0.25) is 14.4 Å². The van der Waals surface area contributed by atoms with E-state index < -0.39 is 17.9 Å². The second-order valence-corrected chi connectivity index (χ2v) is 8.54. The molecule has 0 spiro atoms. The molecule has 2 heterocycles. The number of amides is 2. The Hall–Kier alpha value is -3.00. The number of oxazole rings is 1. The number of carbonyl (C=O) groups excluding carboxylic acids is 3. The first-order valence-corrected chi connectivity index (χ1v) is 11.8. The van der Waals surface area contributed by atoms with Crippen LogP contribution in [0.15, 0.2) is 40.9 Å². The number of likely N-dealkylation sites (N-methyl/N-ethyl adjacent to an activating group) is 1. The van der Waals surface area contributed by atoms with E-state index in [1.54, 1.807) is 11.1 Å². The summed E-state index contributed by atoms with van der Waals surface area (Å²) in [5.41, 5.74) is 0.896. The minimum atomic E-state index is -0.634. The second kappa shape index (κ2) is 12.3. The molecule has 2 amide bonds. The van der Waals surface area contributed by atoms with Crippen LogP contribution in [0.5, 0.6) is 0 Å². The lowest BCUT2D eigenvalue weighted by Crippen LogP contribution is -2.52. The number of hydrogen-bond acceptors (Lipinski definition) is 6.